The highest BCUT2D eigenvalue weighted by Gasteiger charge is 1.84. The number of aliphatic imine (C=N–C) groups is 1. The fraction of sp³-hybridized carbons (Fsp3) is 0.600. The van der Waals surface area contributed by atoms with Gasteiger partial charge in [-0.3, -0.25) is 9.79 Å². The standard InChI is InChI=1S/C5H9NO/c1-3-5(4-7)6-2/h4H,3H2,1-2H3. The number of carbonyl (C=O) groups is 1. The molecule has 0 atom stereocenters. The van der Waals surface area contributed by atoms with Crippen molar-refractivity contribution in [1.82, 2.24) is 0 Å². The van der Waals surface area contributed by atoms with Gasteiger partial charge in [-0.1, -0.05) is 6.92 Å². The van der Waals surface area contributed by atoms with Crippen LogP contribution in [0.3, 0.4) is 0 Å². The molecule has 0 heterocycles. The SMILES string of the molecule is CCC(C=O)=NC. The molecule has 0 amide bonds. The molecule has 0 unspecified atom stereocenters. The van der Waals surface area contributed by atoms with Gasteiger partial charge in [0.2, 0.25) is 0 Å². The van der Waals surface area contributed by atoms with E-state index >= 15 is 0 Å². The molecule has 0 radical (unpaired) electrons. The first-order valence-corrected chi connectivity index (χ1v) is 2.26. The van der Waals surface area contributed by atoms with Crippen molar-refractivity contribution in [2.24, 2.45) is 4.99 Å². The third kappa shape index (κ3) is 2.09. The van der Waals surface area contributed by atoms with E-state index in [2.05, 4.69) is 4.99 Å². The van der Waals surface area contributed by atoms with Crippen LogP contribution in [-0.2, 0) is 4.79 Å². The van der Waals surface area contributed by atoms with Crippen LogP contribution >= 0.6 is 0 Å². The fourth-order valence-electron chi connectivity index (χ4n) is 0.294. The maximum Gasteiger partial charge on any atom is 0.163 e. The van der Waals surface area contributed by atoms with Crippen LogP contribution < -0.4 is 0 Å². The first-order valence-electron chi connectivity index (χ1n) is 2.26. The minimum Gasteiger partial charge on any atom is -0.297 e. The number of carbonyl (C=O) groups excluding carboxylic acids is 1. The Morgan fingerprint density at radius 3 is 2.43 bits per heavy atom. The molecule has 0 aromatic rings. The van der Waals surface area contributed by atoms with E-state index in [1.54, 1.807) is 7.05 Å². The van der Waals surface area contributed by atoms with Gasteiger partial charge in [0.05, 0.1) is 5.71 Å². The predicted octanol–water partition coefficient (Wildman–Crippen LogP) is 0.666. The quantitative estimate of drug-likeness (QED) is 0.369. The van der Waals surface area contributed by atoms with Crippen LogP contribution in [0.25, 0.3) is 0 Å². The summed E-state index contributed by atoms with van der Waals surface area (Å²) in [6.07, 6.45) is 1.51. The third-order valence-corrected chi connectivity index (χ3v) is 0.785. The van der Waals surface area contributed by atoms with E-state index in [1.807, 2.05) is 6.92 Å². The Morgan fingerprint density at radius 1 is 1.86 bits per heavy atom. The molecule has 0 fully saturated rings. The molecule has 0 bridgehead atoms. The van der Waals surface area contributed by atoms with Crippen molar-refractivity contribution in [1.29, 1.82) is 0 Å². The predicted molar refractivity (Wildman–Crippen MR) is 29.7 cm³/mol. The summed E-state index contributed by atoms with van der Waals surface area (Å²) in [6.45, 7) is 1.90. The molecule has 7 heavy (non-hydrogen) atoms. The lowest BCUT2D eigenvalue weighted by molar-refractivity contribution is -0.102. The number of hydrogen-bond donors (Lipinski definition) is 0. The maximum atomic E-state index is 9.84. The van der Waals surface area contributed by atoms with Crippen molar-refractivity contribution >= 4 is 12.0 Å². The second-order valence-corrected chi connectivity index (χ2v) is 1.19. The van der Waals surface area contributed by atoms with E-state index in [1.165, 1.54) is 0 Å². The zero-order valence-electron chi connectivity index (χ0n) is 4.64. The van der Waals surface area contributed by atoms with Crippen LogP contribution in [-0.4, -0.2) is 19.0 Å². The second-order valence-electron chi connectivity index (χ2n) is 1.19. The summed E-state index contributed by atoms with van der Waals surface area (Å²) >= 11 is 0. The molecule has 0 aliphatic heterocycles. The third-order valence-electron chi connectivity index (χ3n) is 0.785. The molecule has 0 aromatic heterocycles. The largest absolute Gasteiger partial charge is 0.297 e. The summed E-state index contributed by atoms with van der Waals surface area (Å²) in [6, 6.07) is 0. The van der Waals surface area contributed by atoms with Crippen LogP contribution in [0, 0.1) is 0 Å². The van der Waals surface area contributed by atoms with E-state index in [-0.39, 0.29) is 0 Å². The molecule has 0 aliphatic rings. The van der Waals surface area contributed by atoms with Gasteiger partial charge in [-0.25, -0.2) is 0 Å². The second kappa shape index (κ2) is 3.53. The van der Waals surface area contributed by atoms with Gasteiger partial charge in [-0.2, -0.15) is 0 Å². The zero-order valence-corrected chi connectivity index (χ0v) is 4.64. The van der Waals surface area contributed by atoms with Crippen molar-refractivity contribution in [3.05, 3.63) is 0 Å². The normalized spacial score (nSPS) is 11.4. The highest BCUT2D eigenvalue weighted by molar-refractivity contribution is 6.28. The molecule has 0 spiro atoms. The van der Waals surface area contributed by atoms with Gasteiger partial charge < -0.3 is 0 Å². The van der Waals surface area contributed by atoms with Gasteiger partial charge in [0.1, 0.15) is 0 Å². The lowest BCUT2D eigenvalue weighted by Crippen LogP contribution is -1.94. The molecule has 0 saturated carbocycles. The molecule has 0 aromatic carbocycles. The van der Waals surface area contributed by atoms with Crippen molar-refractivity contribution in [2.45, 2.75) is 13.3 Å². The topological polar surface area (TPSA) is 29.4 Å². The first-order chi connectivity index (χ1) is 3.35. The van der Waals surface area contributed by atoms with Crippen LogP contribution in [0.4, 0.5) is 0 Å². The smallest absolute Gasteiger partial charge is 0.163 e. The highest BCUT2D eigenvalue weighted by atomic mass is 16.1. The van der Waals surface area contributed by atoms with E-state index in [9.17, 15) is 4.79 Å². The first kappa shape index (κ1) is 6.34. The summed E-state index contributed by atoms with van der Waals surface area (Å²) in [4.78, 5) is 13.5. The number of nitrogens with zero attached hydrogens (tertiary/aromatic N) is 1. The van der Waals surface area contributed by atoms with Gasteiger partial charge in [-0.05, 0) is 6.42 Å². The van der Waals surface area contributed by atoms with Crippen molar-refractivity contribution in [3.63, 3.8) is 0 Å². The maximum absolute atomic E-state index is 9.84. The van der Waals surface area contributed by atoms with Gasteiger partial charge in [0.15, 0.2) is 6.29 Å². The molecule has 0 rings (SSSR count). The van der Waals surface area contributed by atoms with Gasteiger partial charge in [-0.15, -0.1) is 0 Å². The van der Waals surface area contributed by atoms with Gasteiger partial charge in [0, 0.05) is 7.05 Å². The number of rotatable bonds is 2. The molecule has 0 N–H and O–H groups in total. The lowest BCUT2D eigenvalue weighted by atomic mass is 10.3. The van der Waals surface area contributed by atoms with E-state index < -0.39 is 0 Å². The van der Waals surface area contributed by atoms with Crippen molar-refractivity contribution < 1.29 is 4.79 Å². The van der Waals surface area contributed by atoms with Crippen LogP contribution in [0.5, 0.6) is 0 Å². The molecule has 0 aliphatic carbocycles. The van der Waals surface area contributed by atoms with Crippen LogP contribution in [0.2, 0.25) is 0 Å². The number of aldehydes is 1. The monoisotopic (exact) mass is 99.1 g/mol. The average molecular weight is 99.1 g/mol. The summed E-state index contributed by atoms with van der Waals surface area (Å²) in [5.41, 5.74) is 0.625. The van der Waals surface area contributed by atoms with Gasteiger partial charge >= 0.3 is 0 Å². The highest BCUT2D eigenvalue weighted by Crippen LogP contribution is 1.76. The summed E-state index contributed by atoms with van der Waals surface area (Å²) < 4.78 is 0. The minimum absolute atomic E-state index is 0.625. The molecule has 2 heteroatoms. The summed E-state index contributed by atoms with van der Waals surface area (Å²) in [5.74, 6) is 0. The molecule has 0 saturated heterocycles. The van der Waals surface area contributed by atoms with E-state index in [4.69, 9.17) is 0 Å². The fourth-order valence-corrected chi connectivity index (χ4v) is 0.294. The Bertz CT molecular complexity index is 86.1. The molecular formula is C5H9NO. The summed E-state index contributed by atoms with van der Waals surface area (Å²) in [7, 11) is 1.62. The Hall–Kier alpha value is -0.660. The number of hydrogen-bond acceptors (Lipinski definition) is 2. The van der Waals surface area contributed by atoms with Crippen LogP contribution in [0.1, 0.15) is 13.3 Å². The Labute approximate surface area is 43.3 Å². The van der Waals surface area contributed by atoms with Crippen molar-refractivity contribution in [3.8, 4) is 0 Å². The molecule has 2 nitrogen and oxygen atoms in total. The zero-order chi connectivity index (χ0) is 5.70. The minimum atomic E-state index is 0.625. The lowest BCUT2D eigenvalue weighted by Gasteiger charge is -1.83. The Morgan fingerprint density at radius 2 is 2.43 bits per heavy atom. The summed E-state index contributed by atoms with van der Waals surface area (Å²) in [5, 5.41) is 0. The van der Waals surface area contributed by atoms with E-state index in [0.717, 1.165) is 12.7 Å². The molecule has 40 valence electrons. The average Bonchev–Trinajstić information content (AvgIpc) is 1.72. The van der Waals surface area contributed by atoms with Crippen LogP contribution in [0.15, 0.2) is 4.99 Å². The molecular weight excluding hydrogens is 90.1 g/mol. The Balaban J connectivity index is 3.60. The van der Waals surface area contributed by atoms with Crippen molar-refractivity contribution in [2.75, 3.05) is 7.05 Å². The van der Waals surface area contributed by atoms with E-state index in [0.29, 0.717) is 5.71 Å². The Kier molecular flexibility index (Phi) is 3.19. The van der Waals surface area contributed by atoms with Gasteiger partial charge in [0.25, 0.3) is 0 Å².